The highest BCUT2D eigenvalue weighted by molar-refractivity contribution is 4.89. The van der Waals surface area contributed by atoms with E-state index in [2.05, 4.69) is 0 Å². The Balaban J connectivity index is 2.56. The summed E-state index contributed by atoms with van der Waals surface area (Å²) in [5.41, 5.74) is 0. The molecule has 1 heterocycles. The third kappa shape index (κ3) is 3.00. The molecule has 6 heteroatoms. The van der Waals surface area contributed by atoms with Crippen LogP contribution in [-0.4, -0.2) is 64.3 Å². The quantitative estimate of drug-likeness (QED) is 0.436. The number of rotatable bonds is 4. The molecule has 0 aromatic carbocycles. The maximum atomic E-state index is 9.55. The van der Waals surface area contributed by atoms with Gasteiger partial charge in [0.1, 0.15) is 24.4 Å². The Bertz CT molecular complexity index is 229. The molecule has 0 saturated carbocycles. The van der Waals surface area contributed by atoms with Gasteiger partial charge in [0.05, 0.1) is 13.2 Å². The molecule has 1 aliphatic heterocycles. The van der Waals surface area contributed by atoms with Crippen LogP contribution in [0.15, 0.2) is 12.2 Å². The van der Waals surface area contributed by atoms with Crippen molar-refractivity contribution in [1.82, 2.24) is 0 Å². The van der Waals surface area contributed by atoms with Crippen LogP contribution in [0.2, 0.25) is 0 Å². The van der Waals surface area contributed by atoms with Crippen molar-refractivity contribution in [2.45, 2.75) is 37.6 Å². The van der Waals surface area contributed by atoms with Crippen molar-refractivity contribution in [3.05, 3.63) is 12.2 Å². The monoisotopic (exact) mass is 234 g/mol. The van der Waals surface area contributed by atoms with Crippen LogP contribution < -0.4 is 0 Å². The summed E-state index contributed by atoms with van der Waals surface area (Å²) in [6.07, 6.45) is -2.56. The van der Waals surface area contributed by atoms with Crippen molar-refractivity contribution in [3.8, 4) is 0 Å². The zero-order chi connectivity index (χ0) is 12.1. The fraction of sp³-hybridized carbons (Fsp3) is 0.800. The van der Waals surface area contributed by atoms with Gasteiger partial charge in [0.15, 0.2) is 6.29 Å². The normalized spacial score (nSPS) is 40.4. The molecule has 1 fully saturated rings. The molecule has 0 amide bonds. The maximum Gasteiger partial charge on any atom is 0.187 e. The van der Waals surface area contributed by atoms with Crippen molar-refractivity contribution in [1.29, 1.82) is 0 Å². The number of aliphatic hydroxyl groups excluding tert-OH is 4. The van der Waals surface area contributed by atoms with Gasteiger partial charge in [-0.15, -0.1) is 0 Å². The van der Waals surface area contributed by atoms with E-state index in [-0.39, 0.29) is 6.61 Å². The van der Waals surface area contributed by atoms with Gasteiger partial charge < -0.3 is 29.9 Å². The van der Waals surface area contributed by atoms with E-state index in [0.717, 1.165) is 0 Å². The third-order valence-corrected chi connectivity index (χ3v) is 2.44. The fourth-order valence-corrected chi connectivity index (χ4v) is 1.45. The molecular weight excluding hydrogens is 216 g/mol. The van der Waals surface area contributed by atoms with E-state index in [0.29, 0.717) is 0 Å². The Morgan fingerprint density at radius 2 is 1.88 bits per heavy atom. The van der Waals surface area contributed by atoms with Gasteiger partial charge in [-0.3, -0.25) is 0 Å². The first-order chi connectivity index (χ1) is 7.61. The minimum absolute atomic E-state index is 0.221. The minimum atomic E-state index is -1.39. The smallest absolute Gasteiger partial charge is 0.187 e. The van der Waals surface area contributed by atoms with E-state index in [4.69, 9.17) is 14.6 Å². The van der Waals surface area contributed by atoms with Crippen LogP contribution in [0, 0.1) is 0 Å². The molecule has 1 saturated heterocycles. The average Bonchev–Trinajstić information content (AvgIpc) is 2.29. The number of hydrogen-bond acceptors (Lipinski definition) is 6. The van der Waals surface area contributed by atoms with Crippen LogP contribution in [0.4, 0.5) is 0 Å². The second kappa shape index (κ2) is 6.29. The highest BCUT2D eigenvalue weighted by Crippen LogP contribution is 2.21. The summed E-state index contributed by atoms with van der Waals surface area (Å²) in [5.74, 6) is 0. The number of hydrogen-bond donors (Lipinski definition) is 4. The van der Waals surface area contributed by atoms with Crippen molar-refractivity contribution >= 4 is 0 Å². The van der Waals surface area contributed by atoms with Crippen molar-refractivity contribution in [3.63, 3.8) is 0 Å². The van der Waals surface area contributed by atoms with Gasteiger partial charge in [0.2, 0.25) is 0 Å². The van der Waals surface area contributed by atoms with Crippen LogP contribution in [0.25, 0.3) is 0 Å². The van der Waals surface area contributed by atoms with E-state index < -0.39 is 37.3 Å². The summed E-state index contributed by atoms with van der Waals surface area (Å²) in [5, 5.41) is 37.4. The topological polar surface area (TPSA) is 99.4 Å². The lowest BCUT2D eigenvalue weighted by Crippen LogP contribution is -2.59. The molecular formula is C10H18O6. The Hall–Kier alpha value is -0.500. The number of aliphatic hydroxyl groups is 4. The molecule has 0 aromatic rings. The highest BCUT2D eigenvalue weighted by Gasteiger charge is 2.43. The van der Waals surface area contributed by atoms with E-state index in [1.165, 1.54) is 0 Å². The lowest BCUT2D eigenvalue weighted by atomic mass is 9.99. The van der Waals surface area contributed by atoms with E-state index >= 15 is 0 Å². The van der Waals surface area contributed by atoms with Gasteiger partial charge in [-0.05, 0) is 6.92 Å². The molecule has 4 N–H and O–H groups in total. The van der Waals surface area contributed by atoms with Gasteiger partial charge in [-0.25, -0.2) is 0 Å². The summed E-state index contributed by atoms with van der Waals surface area (Å²) in [6, 6.07) is 0. The largest absolute Gasteiger partial charge is 0.394 e. The van der Waals surface area contributed by atoms with Gasteiger partial charge >= 0.3 is 0 Å². The Labute approximate surface area is 93.7 Å². The predicted molar refractivity (Wildman–Crippen MR) is 54.5 cm³/mol. The standard InChI is InChI=1S/C10H18O6/c1-2-3-4-15-10-9(14)8(13)7(12)6(5-11)16-10/h2-3,6-14H,4-5H2,1H3/b3-2+/t6?,7-,8?,9+,10-/m1/s1. The molecule has 0 spiro atoms. The molecule has 1 aliphatic rings. The molecule has 16 heavy (non-hydrogen) atoms. The van der Waals surface area contributed by atoms with Crippen LogP contribution >= 0.6 is 0 Å². The van der Waals surface area contributed by atoms with Gasteiger partial charge in [-0.1, -0.05) is 12.2 Å². The SMILES string of the molecule is C/C=C/CO[C@@H]1OC(CO)[C@@H](O)C(O)[C@@H]1O. The lowest BCUT2D eigenvalue weighted by molar-refractivity contribution is -0.298. The summed E-state index contributed by atoms with van der Waals surface area (Å²) < 4.78 is 10.3. The van der Waals surface area contributed by atoms with Gasteiger partial charge in [0.25, 0.3) is 0 Å². The maximum absolute atomic E-state index is 9.55. The number of ether oxygens (including phenoxy) is 2. The highest BCUT2D eigenvalue weighted by atomic mass is 16.7. The van der Waals surface area contributed by atoms with Crippen LogP contribution in [0.5, 0.6) is 0 Å². The molecule has 0 aliphatic carbocycles. The van der Waals surface area contributed by atoms with E-state index in [1.54, 1.807) is 12.2 Å². The van der Waals surface area contributed by atoms with Gasteiger partial charge in [0, 0.05) is 0 Å². The zero-order valence-corrected chi connectivity index (χ0v) is 9.06. The lowest BCUT2D eigenvalue weighted by Gasteiger charge is -2.39. The zero-order valence-electron chi connectivity index (χ0n) is 9.06. The van der Waals surface area contributed by atoms with Crippen molar-refractivity contribution in [2.75, 3.05) is 13.2 Å². The van der Waals surface area contributed by atoms with Crippen LogP contribution in [-0.2, 0) is 9.47 Å². The third-order valence-electron chi connectivity index (χ3n) is 2.44. The molecule has 0 aromatic heterocycles. The predicted octanol–water partition coefficient (Wildman–Crippen LogP) is -1.62. The first-order valence-electron chi connectivity index (χ1n) is 5.15. The minimum Gasteiger partial charge on any atom is -0.394 e. The second-order valence-corrected chi connectivity index (χ2v) is 3.60. The molecule has 94 valence electrons. The number of allylic oxidation sites excluding steroid dienone is 1. The van der Waals surface area contributed by atoms with E-state index in [9.17, 15) is 15.3 Å². The summed E-state index contributed by atoms with van der Waals surface area (Å²) in [7, 11) is 0. The first kappa shape index (κ1) is 13.6. The molecule has 0 bridgehead atoms. The molecule has 0 radical (unpaired) electrons. The summed E-state index contributed by atoms with van der Waals surface area (Å²) >= 11 is 0. The molecule has 6 nitrogen and oxygen atoms in total. The Morgan fingerprint density at radius 1 is 1.19 bits per heavy atom. The van der Waals surface area contributed by atoms with Crippen molar-refractivity contribution in [2.24, 2.45) is 0 Å². The van der Waals surface area contributed by atoms with Crippen LogP contribution in [0.3, 0.4) is 0 Å². The summed E-state index contributed by atoms with van der Waals surface area (Å²) in [6.45, 7) is 1.59. The van der Waals surface area contributed by atoms with E-state index in [1.807, 2.05) is 6.92 Å². The second-order valence-electron chi connectivity index (χ2n) is 3.60. The fourth-order valence-electron chi connectivity index (χ4n) is 1.45. The summed E-state index contributed by atoms with van der Waals surface area (Å²) in [4.78, 5) is 0. The molecule has 1 rings (SSSR count). The van der Waals surface area contributed by atoms with Crippen molar-refractivity contribution < 1.29 is 29.9 Å². The molecule has 5 atom stereocenters. The molecule has 2 unspecified atom stereocenters. The van der Waals surface area contributed by atoms with Gasteiger partial charge in [-0.2, -0.15) is 0 Å². The Kier molecular flexibility index (Phi) is 5.33. The van der Waals surface area contributed by atoms with Crippen LogP contribution in [0.1, 0.15) is 6.92 Å². The average molecular weight is 234 g/mol. The first-order valence-corrected chi connectivity index (χ1v) is 5.15. The Morgan fingerprint density at radius 3 is 2.44 bits per heavy atom.